The molecule has 3 heterocycles. The molecule has 0 aromatic rings. The van der Waals surface area contributed by atoms with E-state index in [2.05, 4.69) is 22.1 Å². The van der Waals surface area contributed by atoms with Crippen LogP contribution in [0, 0.1) is 24.2 Å². The summed E-state index contributed by atoms with van der Waals surface area (Å²) in [5.41, 5.74) is 6.34. The molecule has 3 N–H and O–H groups in total. The van der Waals surface area contributed by atoms with Gasteiger partial charge < -0.3 is 19.9 Å². The molecule has 0 aromatic carbocycles. The number of hydrazine groups is 1. The summed E-state index contributed by atoms with van der Waals surface area (Å²) in [4.78, 5) is 30.7. The molecular weight excluding hydrogens is 406 g/mol. The van der Waals surface area contributed by atoms with Gasteiger partial charge in [0.05, 0.1) is 18.2 Å². The van der Waals surface area contributed by atoms with Gasteiger partial charge in [0.1, 0.15) is 12.6 Å². The molecule has 6 atom stereocenters. The third kappa shape index (κ3) is 4.05. The van der Waals surface area contributed by atoms with Crippen LogP contribution in [0.2, 0.25) is 0 Å². The van der Waals surface area contributed by atoms with Crippen molar-refractivity contribution in [1.82, 2.24) is 26.0 Å². The third-order valence-corrected chi connectivity index (χ3v) is 8.67. The highest BCUT2D eigenvalue weighted by molar-refractivity contribution is 5.85. The lowest BCUT2D eigenvalue weighted by molar-refractivity contribution is -0.140. The normalized spacial score (nSPS) is 37.3. The Morgan fingerprint density at radius 1 is 1.19 bits per heavy atom. The van der Waals surface area contributed by atoms with Crippen LogP contribution < -0.4 is 16.2 Å². The van der Waals surface area contributed by atoms with E-state index >= 15 is 0 Å². The van der Waals surface area contributed by atoms with Gasteiger partial charge in [0.2, 0.25) is 11.8 Å². The van der Waals surface area contributed by atoms with E-state index < -0.39 is 0 Å². The van der Waals surface area contributed by atoms with E-state index in [0.717, 1.165) is 32.2 Å². The van der Waals surface area contributed by atoms with Gasteiger partial charge in [-0.15, -0.1) is 6.42 Å². The summed E-state index contributed by atoms with van der Waals surface area (Å²) in [6.07, 6.45) is 14.0. The highest BCUT2D eigenvalue weighted by Crippen LogP contribution is 2.42. The second-order valence-electron chi connectivity index (χ2n) is 10.5. The zero-order valence-corrected chi connectivity index (χ0v) is 19.1. The minimum Gasteiger partial charge on any atom is -0.366 e. The van der Waals surface area contributed by atoms with Crippen molar-refractivity contribution in [1.29, 1.82) is 0 Å². The molecule has 0 spiro atoms. The maximum Gasteiger partial charge on any atom is 0.241 e. The lowest BCUT2D eigenvalue weighted by Gasteiger charge is -2.38. The Labute approximate surface area is 191 Å². The summed E-state index contributed by atoms with van der Waals surface area (Å²) in [6.45, 7) is 2.13. The van der Waals surface area contributed by atoms with Crippen LogP contribution in [0.15, 0.2) is 0 Å². The Hall–Kier alpha value is -1.66. The molecule has 8 heteroatoms. The number of terminal acetylenes is 1. The predicted octanol–water partition coefficient (Wildman–Crippen LogP) is 0.241. The second-order valence-corrected chi connectivity index (χ2v) is 10.5. The van der Waals surface area contributed by atoms with Crippen LogP contribution in [0.5, 0.6) is 0 Å². The van der Waals surface area contributed by atoms with Crippen molar-refractivity contribution < 1.29 is 14.3 Å². The van der Waals surface area contributed by atoms with Gasteiger partial charge in [0.15, 0.2) is 0 Å². The van der Waals surface area contributed by atoms with Crippen LogP contribution in [0.1, 0.15) is 51.4 Å². The molecule has 3 aliphatic heterocycles. The molecule has 0 radical (unpaired) electrons. The lowest BCUT2D eigenvalue weighted by atomic mass is 9.84. The number of likely N-dealkylation sites (N-methyl/N-ethyl adjacent to an activating group) is 1. The SMILES string of the molecule is C#CCOCC1(N(C)C(=O)C2NNC3CCN(C(=O)C4CC5CCCCC5N4)CC32)CC1. The molecule has 2 aliphatic carbocycles. The van der Waals surface area contributed by atoms with Crippen LogP contribution in [0.25, 0.3) is 0 Å². The van der Waals surface area contributed by atoms with Crippen molar-refractivity contribution in [2.24, 2.45) is 11.8 Å². The van der Waals surface area contributed by atoms with Crippen molar-refractivity contribution >= 4 is 11.8 Å². The molecule has 8 nitrogen and oxygen atoms in total. The first-order valence-electron chi connectivity index (χ1n) is 12.4. The van der Waals surface area contributed by atoms with Crippen LogP contribution in [0.3, 0.4) is 0 Å². The predicted molar refractivity (Wildman–Crippen MR) is 120 cm³/mol. The van der Waals surface area contributed by atoms with Crippen LogP contribution in [0.4, 0.5) is 0 Å². The largest absolute Gasteiger partial charge is 0.366 e. The Morgan fingerprint density at radius 3 is 2.75 bits per heavy atom. The van der Waals surface area contributed by atoms with E-state index in [4.69, 9.17) is 11.2 Å². The van der Waals surface area contributed by atoms with E-state index in [-0.39, 0.29) is 48.0 Å². The van der Waals surface area contributed by atoms with Gasteiger partial charge in [-0.05, 0) is 44.4 Å². The van der Waals surface area contributed by atoms with Gasteiger partial charge in [-0.25, -0.2) is 5.43 Å². The first-order chi connectivity index (χ1) is 15.5. The minimum absolute atomic E-state index is 0.0539. The quantitative estimate of drug-likeness (QED) is 0.403. The Morgan fingerprint density at radius 2 is 2.00 bits per heavy atom. The number of amides is 2. The zero-order valence-electron chi connectivity index (χ0n) is 19.1. The maximum atomic E-state index is 13.4. The van der Waals surface area contributed by atoms with Gasteiger partial charge in [-0.3, -0.25) is 15.0 Å². The summed E-state index contributed by atoms with van der Waals surface area (Å²) in [5, 5.41) is 3.63. The van der Waals surface area contributed by atoms with E-state index in [1.54, 1.807) is 0 Å². The molecule has 5 rings (SSSR count). The number of fused-ring (bicyclic) bond motifs is 2. The molecule has 0 bridgehead atoms. The number of likely N-dealkylation sites (tertiary alicyclic amines) is 1. The summed E-state index contributed by atoms with van der Waals surface area (Å²) in [5.74, 6) is 3.53. The highest BCUT2D eigenvalue weighted by Gasteiger charge is 2.53. The molecule has 0 aromatic heterocycles. The molecule has 5 fully saturated rings. The van der Waals surface area contributed by atoms with Crippen molar-refractivity contribution in [3.05, 3.63) is 0 Å². The minimum atomic E-state index is -0.329. The number of carbonyl (C=O) groups is 2. The highest BCUT2D eigenvalue weighted by atomic mass is 16.5. The summed E-state index contributed by atoms with van der Waals surface area (Å²) >= 11 is 0. The summed E-state index contributed by atoms with van der Waals surface area (Å²) < 4.78 is 5.57. The van der Waals surface area contributed by atoms with Gasteiger partial charge >= 0.3 is 0 Å². The molecule has 32 heavy (non-hydrogen) atoms. The summed E-state index contributed by atoms with van der Waals surface area (Å²) in [6, 6.07) is 0.347. The second kappa shape index (κ2) is 8.94. The van der Waals surface area contributed by atoms with Gasteiger partial charge in [-0.2, -0.15) is 0 Å². The Balaban J connectivity index is 1.20. The molecule has 3 saturated heterocycles. The number of piperidine rings is 1. The molecule has 5 aliphatic rings. The van der Waals surface area contributed by atoms with Gasteiger partial charge in [0.25, 0.3) is 0 Å². The van der Waals surface area contributed by atoms with Crippen LogP contribution >= 0.6 is 0 Å². The maximum absolute atomic E-state index is 13.4. The topological polar surface area (TPSA) is 85.9 Å². The lowest BCUT2D eigenvalue weighted by Crippen LogP contribution is -2.56. The standard InChI is InChI=1S/C24H37N5O3/c1-3-12-32-15-24(9-10-24)28(2)23(31)21-17-14-29(11-8-19(17)26-27-21)22(30)20-13-16-6-4-5-7-18(16)25-20/h1,16-21,25-27H,4-15H2,2H3. The summed E-state index contributed by atoms with van der Waals surface area (Å²) in [7, 11) is 1.87. The van der Waals surface area contributed by atoms with Crippen molar-refractivity contribution in [3.8, 4) is 12.3 Å². The zero-order chi connectivity index (χ0) is 22.3. The molecule has 2 saturated carbocycles. The monoisotopic (exact) mass is 443 g/mol. The van der Waals surface area contributed by atoms with Crippen molar-refractivity contribution in [3.63, 3.8) is 0 Å². The molecular formula is C24H37N5O3. The number of hydrogen-bond donors (Lipinski definition) is 3. The fourth-order valence-electron chi connectivity index (χ4n) is 6.44. The van der Waals surface area contributed by atoms with Gasteiger partial charge in [-0.1, -0.05) is 18.8 Å². The molecule has 176 valence electrons. The van der Waals surface area contributed by atoms with E-state index in [1.165, 1.54) is 25.7 Å². The Bertz CT molecular complexity index is 764. The van der Waals surface area contributed by atoms with E-state index in [1.807, 2.05) is 16.8 Å². The number of hydrogen-bond acceptors (Lipinski definition) is 6. The van der Waals surface area contributed by atoms with Crippen molar-refractivity contribution in [2.75, 3.05) is 33.4 Å². The van der Waals surface area contributed by atoms with Crippen molar-refractivity contribution in [2.45, 2.75) is 81.1 Å². The number of nitrogens with one attached hydrogen (secondary N) is 3. The number of ether oxygens (including phenoxy) is 1. The molecule has 2 amide bonds. The number of nitrogens with zero attached hydrogens (tertiary/aromatic N) is 2. The van der Waals surface area contributed by atoms with Gasteiger partial charge in [0, 0.05) is 38.1 Å². The average Bonchev–Trinajstić information content (AvgIpc) is 3.29. The smallest absolute Gasteiger partial charge is 0.241 e. The first kappa shape index (κ1) is 22.1. The third-order valence-electron chi connectivity index (χ3n) is 8.67. The van der Waals surface area contributed by atoms with E-state index in [9.17, 15) is 9.59 Å². The number of rotatable bonds is 6. The average molecular weight is 444 g/mol. The van der Waals surface area contributed by atoms with E-state index in [0.29, 0.717) is 25.1 Å². The fraction of sp³-hybridized carbons (Fsp3) is 0.833. The molecule has 6 unspecified atom stereocenters. The first-order valence-corrected chi connectivity index (χ1v) is 12.4. The van der Waals surface area contributed by atoms with Crippen LogP contribution in [-0.2, 0) is 14.3 Å². The number of carbonyl (C=O) groups excluding carboxylic acids is 2. The fourth-order valence-corrected chi connectivity index (χ4v) is 6.44. The van der Waals surface area contributed by atoms with Crippen LogP contribution in [-0.4, -0.2) is 84.7 Å². The Kier molecular flexibility index (Phi) is 6.19.